The Labute approximate surface area is 106 Å². The predicted molar refractivity (Wildman–Crippen MR) is 72.1 cm³/mol. The number of amides is 1. The van der Waals surface area contributed by atoms with Gasteiger partial charge in [0.25, 0.3) is 0 Å². The molecule has 0 aromatic carbocycles. The Morgan fingerprint density at radius 2 is 1.53 bits per heavy atom. The Kier molecular flexibility index (Phi) is 19.0. The van der Waals surface area contributed by atoms with Crippen molar-refractivity contribution in [2.45, 2.75) is 53.1 Å². The van der Waals surface area contributed by atoms with E-state index in [1.807, 2.05) is 34.6 Å². The lowest BCUT2D eigenvalue weighted by molar-refractivity contribution is -0.117. The topological polar surface area (TPSA) is 46.6 Å². The van der Waals surface area contributed by atoms with Gasteiger partial charge in [-0.15, -0.1) is 0 Å². The van der Waals surface area contributed by atoms with E-state index in [0.717, 1.165) is 25.7 Å². The van der Waals surface area contributed by atoms with Crippen LogP contribution in [0.25, 0.3) is 0 Å². The molecule has 0 radical (unpaired) electrons. The Hall–Kier alpha value is -0.900. The molecule has 4 heteroatoms. The minimum atomic E-state index is 0.0417. The number of hydrogen-bond acceptors (Lipinski definition) is 3. The van der Waals surface area contributed by atoms with E-state index in [4.69, 9.17) is 4.74 Å². The molecule has 0 saturated carbocycles. The van der Waals surface area contributed by atoms with Gasteiger partial charge in [0.05, 0.1) is 5.60 Å². The van der Waals surface area contributed by atoms with Crippen LogP contribution in [0, 0.1) is 0 Å². The largest absolute Gasteiger partial charge is 0.379 e. The number of aldehydes is 1. The summed E-state index contributed by atoms with van der Waals surface area (Å²) in [7, 11) is 3.48. The molecule has 0 saturated heterocycles. The van der Waals surface area contributed by atoms with Gasteiger partial charge in [-0.3, -0.25) is 4.79 Å². The second-order valence-electron chi connectivity index (χ2n) is 4.48. The second kappa shape index (κ2) is 15.1. The van der Waals surface area contributed by atoms with Crippen molar-refractivity contribution in [3.8, 4) is 0 Å². The first-order valence-corrected chi connectivity index (χ1v) is 5.93. The number of nitrogens with zero attached hydrogens (tertiary/aromatic N) is 1. The number of hydrogen-bond donors (Lipinski definition) is 0. The zero-order chi connectivity index (χ0) is 14.3. The molecular formula is C13H29NO3. The van der Waals surface area contributed by atoms with Crippen LogP contribution in [0.4, 0.5) is 0 Å². The van der Waals surface area contributed by atoms with E-state index in [2.05, 4.69) is 0 Å². The first kappa shape index (κ1) is 21.4. The smallest absolute Gasteiger partial charge is 0.209 e. The molecule has 4 nitrogen and oxygen atoms in total. The Bertz CT molecular complexity index is 165. The molecule has 0 atom stereocenters. The minimum absolute atomic E-state index is 0.0417. The first-order valence-electron chi connectivity index (χ1n) is 5.93. The summed E-state index contributed by atoms with van der Waals surface area (Å²) in [6.07, 6.45) is 3.39. The lowest BCUT2D eigenvalue weighted by Gasteiger charge is -2.14. The van der Waals surface area contributed by atoms with Gasteiger partial charge in [-0.25, -0.2) is 0 Å². The molecular weight excluding hydrogens is 218 g/mol. The van der Waals surface area contributed by atoms with Gasteiger partial charge in [0, 0.05) is 27.1 Å². The lowest BCUT2D eigenvalue weighted by atomic mass is 10.2. The van der Waals surface area contributed by atoms with Crippen molar-refractivity contribution in [1.82, 2.24) is 4.90 Å². The summed E-state index contributed by atoms with van der Waals surface area (Å²) in [5, 5.41) is 0. The molecule has 0 fully saturated rings. The molecule has 104 valence electrons. The van der Waals surface area contributed by atoms with Crippen LogP contribution in [0.5, 0.6) is 0 Å². The van der Waals surface area contributed by atoms with Gasteiger partial charge in [0.15, 0.2) is 0 Å². The molecule has 0 aliphatic rings. The van der Waals surface area contributed by atoms with Crippen LogP contribution in [-0.2, 0) is 14.3 Å². The predicted octanol–water partition coefficient (Wildman–Crippen LogP) is 2.51. The SMILES string of the molecule is CCC=O.CCCN(C)C=O.COC(C)(C)C. The molecule has 0 N–H and O–H groups in total. The minimum Gasteiger partial charge on any atom is -0.379 e. The van der Waals surface area contributed by atoms with Gasteiger partial charge >= 0.3 is 0 Å². The van der Waals surface area contributed by atoms with Crippen molar-refractivity contribution in [3.63, 3.8) is 0 Å². The zero-order valence-corrected chi connectivity index (χ0v) is 12.4. The van der Waals surface area contributed by atoms with E-state index in [1.165, 1.54) is 0 Å². The van der Waals surface area contributed by atoms with Crippen LogP contribution in [0.1, 0.15) is 47.5 Å². The van der Waals surface area contributed by atoms with Crippen LogP contribution in [0.3, 0.4) is 0 Å². The third kappa shape index (κ3) is 39.5. The summed E-state index contributed by atoms with van der Waals surface area (Å²) < 4.78 is 4.94. The normalized spacial score (nSPS) is 9.12. The van der Waals surface area contributed by atoms with Gasteiger partial charge in [-0.05, 0) is 27.2 Å². The molecule has 0 rings (SSSR count). The van der Waals surface area contributed by atoms with E-state index < -0.39 is 0 Å². The maximum absolute atomic E-state index is 9.82. The number of carbonyl (C=O) groups excluding carboxylic acids is 2. The summed E-state index contributed by atoms with van der Waals surface area (Å²) in [5.41, 5.74) is 0.0417. The molecule has 0 unspecified atom stereocenters. The van der Waals surface area contributed by atoms with Gasteiger partial charge < -0.3 is 14.4 Å². The highest BCUT2D eigenvalue weighted by molar-refractivity contribution is 5.48. The highest BCUT2D eigenvalue weighted by Gasteiger charge is 2.03. The van der Waals surface area contributed by atoms with Crippen molar-refractivity contribution in [2.75, 3.05) is 20.7 Å². The third-order valence-corrected chi connectivity index (χ3v) is 1.54. The number of carbonyl (C=O) groups is 2. The van der Waals surface area contributed by atoms with Crippen LogP contribution in [0.2, 0.25) is 0 Å². The third-order valence-electron chi connectivity index (χ3n) is 1.54. The fourth-order valence-electron chi connectivity index (χ4n) is 0.405. The average molecular weight is 247 g/mol. The average Bonchev–Trinajstić information content (AvgIpc) is 2.29. The van der Waals surface area contributed by atoms with Gasteiger partial charge in [0.1, 0.15) is 6.29 Å². The van der Waals surface area contributed by atoms with Crippen molar-refractivity contribution >= 4 is 12.7 Å². The highest BCUT2D eigenvalue weighted by Crippen LogP contribution is 2.02. The molecule has 0 spiro atoms. The van der Waals surface area contributed by atoms with Crippen LogP contribution in [0.15, 0.2) is 0 Å². The summed E-state index contributed by atoms with van der Waals surface area (Å²) in [6, 6.07) is 0. The standard InChI is InChI=1S/C5H11NO.C5H12O.C3H6O/c1-3-4-6(2)5-7;1-5(2,3)6-4;1-2-3-4/h5H,3-4H2,1-2H3;1-4H3;3H,2H2,1H3. The number of ether oxygens (including phenoxy) is 1. The van der Waals surface area contributed by atoms with E-state index in [0.29, 0.717) is 6.42 Å². The zero-order valence-electron chi connectivity index (χ0n) is 12.4. The fraction of sp³-hybridized carbons (Fsp3) is 0.846. The molecule has 1 amide bonds. The Morgan fingerprint density at radius 3 is 1.59 bits per heavy atom. The summed E-state index contributed by atoms with van der Waals surface area (Å²) >= 11 is 0. The van der Waals surface area contributed by atoms with E-state index in [1.54, 1.807) is 19.1 Å². The maximum atomic E-state index is 9.82. The summed E-state index contributed by atoms with van der Waals surface area (Å²) in [6.45, 7) is 10.8. The number of rotatable bonds is 4. The van der Waals surface area contributed by atoms with Crippen molar-refractivity contribution in [1.29, 1.82) is 0 Å². The molecule has 0 aliphatic heterocycles. The summed E-state index contributed by atoms with van der Waals surface area (Å²) in [5.74, 6) is 0. The number of methoxy groups -OCH3 is 1. The molecule has 0 aliphatic carbocycles. The Balaban J connectivity index is -0.000000180. The molecule has 0 aromatic rings. The maximum Gasteiger partial charge on any atom is 0.209 e. The van der Waals surface area contributed by atoms with Gasteiger partial charge in [0.2, 0.25) is 6.41 Å². The van der Waals surface area contributed by atoms with Crippen LogP contribution >= 0.6 is 0 Å². The quantitative estimate of drug-likeness (QED) is 0.717. The van der Waals surface area contributed by atoms with E-state index >= 15 is 0 Å². The van der Waals surface area contributed by atoms with Gasteiger partial charge in [-0.2, -0.15) is 0 Å². The van der Waals surface area contributed by atoms with Crippen LogP contribution < -0.4 is 0 Å². The molecule has 0 bridgehead atoms. The molecule has 17 heavy (non-hydrogen) atoms. The molecule has 0 aromatic heterocycles. The van der Waals surface area contributed by atoms with Crippen molar-refractivity contribution in [2.24, 2.45) is 0 Å². The van der Waals surface area contributed by atoms with Crippen LogP contribution in [-0.4, -0.2) is 43.9 Å². The van der Waals surface area contributed by atoms with Gasteiger partial charge in [-0.1, -0.05) is 13.8 Å². The molecule has 0 heterocycles. The Morgan fingerprint density at radius 1 is 1.18 bits per heavy atom. The highest BCUT2D eigenvalue weighted by atomic mass is 16.5. The van der Waals surface area contributed by atoms with Crippen molar-refractivity contribution < 1.29 is 14.3 Å². The second-order valence-corrected chi connectivity index (χ2v) is 4.48. The monoisotopic (exact) mass is 247 g/mol. The van der Waals surface area contributed by atoms with E-state index in [9.17, 15) is 9.59 Å². The van der Waals surface area contributed by atoms with Crippen molar-refractivity contribution in [3.05, 3.63) is 0 Å². The van der Waals surface area contributed by atoms with E-state index in [-0.39, 0.29) is 5.60 Å². The lowest BCUT2D eigenvalue weighted by Crippen LogP contribution is -2.15. The first-order chi connectivity index (χ1) is 7.78. The fourth-order valence-corrected chi connectivity index (χ4v) is 0.405. The summed E-state index contributed by atoms with van der Waals surface area (Å²) in [4.78, 5) is 20.6.